The maximum atomic E-state index is 13.0. The van der Waals surface area contributed by atoms with Crippen molar-refractivity contribution in [1.29, 1.82) is 0 Å². The predicted octanol–water partition coefficient (Wildman–Crippen LogP) is 6.66. The molecule has 1 fully saturated rings. The van der Waals surface area contributed by atoms with Crippen LogP contribution in [0.1, 0.15) is 70.2 Å². The highest BCUT2D eigenvalue weighted by Crippen LogP contribution is 2.41. The van der Waals surface area contributed by atoms with Crippen molar-refractivity contribution in [2.45, 2.75) is 65.2 Å². The monoisotopic (exact) mass is 451 g/mol. The number of carbonyl (C=O) groups is 2. The molecule has 0 radical (unpaired) electrons. The first-order chi connectivity index (χ1) is 14.9. The smallest absolute Gasteiger partial charge is 0.293 e. The fourth-order valence-corrected chi connectivity index (χ4v) is 4.68. The molecule has 1 N–H and O–H groups in total. The molecule has 3 rings (SSSR count). The maximum absolute atomic E-state index is 13.0. The second-order valence-corrected chi connectivity index (χ2v) is 11.4. The summed E-state index contributed by atoms with van der Waals surface area (Å²) >= 11 is 0.990. The fraction of sp³-hybridized carbons (Fsp3) is 0.407. The van der Waals surface area contributed by atoms with Gasteiger partial charge in [-0.25, -0.2) is 0 Å². The Labute approximate surface area is 195 Å². The molecule has 170 valence electrons. The topological polar surface area (TPSA) is 57.6 Å². The molecule has 32 heavy (non-hydrogen) atoms. The van der Waals surface area contributed by atoms with Crippen molar-refractivity contribution in [3.8, 4) is 5.75 Å². The molecule has 1 aliphatic heterocycles. The molecule has 1 saturated heterocycles. The molecule has 5 heteroatoms. The number of imide groups is 1. The first-order valence-corrected chi connectivity index (χ1v) is 11.9. The Morgan fingerprint density at radius 2 is 1.50 bits per heavy atom. The van der Waals surface area contributed by atoms with Gasteiger partial charge in [0.25, 0.3) is 11.1 Å². The summed E-state index contributed by atoms with van der Waals surface area (Å²) in [5.74, 6) is 0.0620. The van der Waals surface area contributed by atoms with Crippen LogP contribution in [0.25, 0.3) is 6.08 Å². The zero-order chi connectivity index (χ0) is 23.7. The Morgan fingerprint density at radius 1 is 0.938 bits per heavy atom. The summed E-state index contributed by atoms with van der Waals surface area (Å²) in [6.07, 6.45) is 3.34. The van der Waals surface area contributed by atoms with Crippen molar-refractivity contribution < 1.29 is 14.7 Å². The first-order valence-electron chi connectivity index (χ1n) is 11.0. The van der Waals surface area contributed by atoms with Crippen molar-refractivity contribution in [3.63, 3.8) is 0 Å². The van der Waals surface area contributed by atoms with Crippen LogP contribution in [0.2, 0.25) is 0 Å². The lowest BCUT2D eigenvalue weighted by atomic mass is 9.78. The standard InChI is InChI=1S/C27H33NO3S/c1-26(2,3)20-15-19(16-21(23(20)29)27(4,5)6)17-22-24(30)28(25(31)32-22)14-10-13-18-11-8-7-9-12-18/h7-9,11-12,15-17,29H,10,13-14H2,1-6H3/b22-17+. The quantitative estimate of drug-likeness (QED) is 0.517. The molecule has 0 unspecified atom stereocenters. The van der Waals surface area contributed by atoms with Crippen molar-refractivity contribution in [2.24, 2.45) is 0 Å². The number of aromatic hydroxyl groups is 1. The predicted molar refractivity (Wildman–Crippen MR) is 133 cm³/mol. The molecule has 2 amide bonds. The Hall–Kier alpha value is -2.53. The first kappa shape index (κ1) is 24.1. The van der Waals surface area contributed by atoms with Crippen LogP contribution in [-0.4, -0.2) is 27.7 Å². The van der Waals surface area contributed by atoms with Crippen LogP contribution in [0.3, 0.4) is 0 Å². The van der Waals surface area contributed by atoms with Gasteiger partial charge in [-0.1, -0.05) is 71.9 Å². The van der Waals surface area contributed by atoms with Gasteiger partial charge in [0.1, 0.15) is 5.75 Å². The van der Waals surface area contributed by atoms with E-state index in [1.165, 1.54) is 10.5 Å². The molecule has 0 aliphatic carbocycles. The molecule has 1 aliphatic rings. The van der Waals surface area contributed by atoms with Crippen molar-refractivity contribution in [1.82, 2.24) is 4.90 Å². The number of hydrogen-bond donors (Lipinski definition) is 1. The minimum atomic E-state index is -0.259. The maximum Gasteiger partial charge on any atom is 0.293 e. The lowest BCUT2D eigenvalue weighted by molar-refractivity contribution is -0.122. The van der Waals surface area contributed by atoms with Crippen LogP contribution in [0, 0.1) is 0 Å². The van der Waals surface area contributed by atoms with Gasteiger partial charge in [-0.3, -0.25) is 14.5 Å². The van der Waals surface area contributed by atoms with Gasteiger partial charge < -0.3 is 5.11 Å². The highest BCUT2D eigenvalue weighted by atomic mass is 32.2. The van der Waals surface area contributed by atoms with E-state index in [4.69, 9.17) is 0 Å². The largest absolute Gasteiger partial charge is 0.507 e. The Balaban J connectivity index is 1.85. The van der Waals surface area contributed by atoms with Crippen LogP contribution < -0.4 is 0 Å². The number of nitrogens with zero attached hydrogens (tertiary/aromatic N) is 1. The fourth-order valence-electron chi connectivity index (χ4n) is 3.81. The summed E-state index contributed by atoms with van der Waals surface area (Å²) in [5.41, 5.74) is 3.17. The average molecular weight is 452 g/mol. The van der Waals surface area contributed by atoms with Gasteiger partial charge in [0.15, 0.2) is 0 Å². The van der Waals surface area contributed by atoms with E-state index in [1.54, 1.807) is 6.08 Å². The summed E-state index contributed by atoms with van der Waals surface area (Å²) < 4.78 is 0. The van der Waals surface area contributed by atoms with Gasteiger partial charge in [-0.15, -0.1) is 0 Å². The number of amides is 2. The van der Waals surface area contributed by atoms with Crippen LogP contribution in [0.15, 0.2) is 47.4 Å². The Kier molecular flexibility index (Phi) is 6.89. The third-order valence-electron chi connectivity index (χ3n) is 5.61. The second kappa shape index (κ2) is 9.14. The summed E-state index contributed by atoms with van der Waals surface area (Å²) in [7, 11) is 0. The van der Waals surface area contributed by atoms with Gasteiger partial charge in [0, 0.05) is 17.7 Å². The van der Waals surface area contributed by atoms with E-state index in [9.17, 15) is 14.7 Å². The summed E-state index contributed by atoms with van der Waals surface area (Å²) in [4.78, 5) is 27.3. The van der Waals surface area contributed by atoms with Gasteiger partial charge in [-0.05, 0) is 64.8 Å². The molecular weight excluding hydrogens is 418 g/mol. The number of hydrogen-bond acceptors (Lipinski definition) is 4. The minimum Gasteiger partial charge on any atom is -0.507 e. The van der Waals surface area contributed by atoms with E-state index in [2.05, 4.69) is 53.7 Å². The number of benzene rings is 2. The van der Waals surface area contributed by atoms with E-state index in [0.29, 0.717) is 17.2 Å². The molecule has 4 nitrogen and oxygen atoms in total. The highest BCUT2D eigenvalue weighted by molar-refractivity contribution is 8.18. The lowest BCUT2D eigenvalue weighted by Crippen LogP contribution is -2.29. The molecule has 0 saturated carbocycles. The number of phenols is 1. The molecule has 2 aromatic rings. The van der Waals surface area contributed by atoms with Crippen LogP contribution in [0.5, 0.6) is 5.75 Å². The third-order valence-corrected chi connectivity index (χ3v) is 6.52. The molecule has 2 aromatic carbocycles. The molecule has 0 spiro atoms. The van der Waals surface area contributed by atoms with Gasteiger partial charge in [0.2, 0.25) is 0 Å². The molecular formula is C27H33NO3S. The normalized spacial score (nSPS) is 16.3. The number of carbonyl (C=O) groups excluding carboxylic acids is 2. The lowest BCUT2D eigenvalue weighted by Gasteiger charge is -2.28. The number of phenolic OH excluding ortho intramolecular Hbond substituents is 1. The van der Waals surface area contributed by atoms with Gasteiger partial charge in [0.05, 0.1) is 4.91 Å². The van der Waals surface area contributed by atoms with Crippen molar-refractivity contribution in [2.75, 3.05) is 6.54 Å². The summed E-state index contributed by atoms with van der Waals surface area (Å²) in [5, 5.41) is 10.7. The number of aryl methyl sites for hydroxylation is 1. The molecule has 0 atom stereocenters. The van der Waals surface area contributed by atoms with E-state index in [0.717, 1.165) is 41.3 Å². The molecule has 0 bridgehead atoms. The van der Waals surface area contributed by atoms with Crippen LogP contribution in [0.4, 0.5) is 4.79 Å². The Bertz CT molecular complexity index is 1010. The van der Waals surface area contributed by atoms with E-state index in [-0.39, 0.29) is 22.0 Å². The summed E-state index contributed by atoms with van der Waals surface area (Å²) in [6, 6.07) is 13.9. The number of thioether (sulfide) groups is 1. The van der Waals surface area contributed by atoms with Crippen LogP contribution in [-0.2, 0) is 22.0 Å². The third kappa shape index (κ3) is 5.44. The average Bonchev–Trinajstić information content (AvgIpc) is 2.95. The van der Waals surface area contributed by atoms with Crippen LogP contribution >= 0.6 is 11.8 Å². The van der Waals surface area contributed by atoms with Crippen molar-refractivity contribution in [3.05, 3.63) is 69.6 Å². The zero-order valence-electron chi connectivity index (χ0n) is 19.9. The summed E-state index contributed by atoms with van der Waals surface area (Å²) in [6.45, 7) is 12.7. The SMILES string of the molecule is CC(C)(C)c1cc(/C=C2/SC(=O)N(CCCc3ccccc3)C2=O)cc(C(C)(C)C)c1O. The van der Waals surface area contributed by atoms with E-state index < -0.39 is 0 Å². The van der Waals surface area contributed by atoms with E-state index in [1.807, 2.05) is 30.3 Å². The second-order valence-electron chi connectivity index (χ2n) is 10.4. The molecule has 1 heterocycles. The molecule has 0 aromatic heterocycles. The van der Waals surface area contributed by atoms with Crippen molar-refractivity contribution >= 4 is 29.0 Å². The van der Waals surface area contributed by atoms with E-state index >= 15 is 0 Å². The zero-order valence-corrected chi connectivity index (χ0v) is 20.7. The highest BCUT2D eigenvalue weighted by Gasteiger charge is 2.35. The van der Waals surface area contributed by atoms with Gasteiger partial charge in [-0.2, -0.15) is 0 Å². The Morgan fingerprint density at radius 3 is 2.03 bits per heavy atom. The number of rotatable bonds is 5. The minimum absolute atomic E-state index is 0.222. The van der Waals surface area contributed by atoms with Gasteiger partial charge >= 0.3 is 0 Å².